The van der Waals surface area contributed by atoms with Crippen molar-refractivity contribution in [2.75, 3.05) is 11.9 Å². The summed E-state index contributed by atoms with van der Waals surface area (Å²) in [6.45, 7) is 2.59. The standard InChI is InChI=1S/C13H15N3O4S/c1-2-7-15-9-10(8-14)13(17)16-11-3-5-12(6-4-11)21(18,19)20/h3-6,9,15H,2,7H2,1H3,(H,16,17)(H,18,19,20)/b10-9-. The first-order valence-corrected chi connectivity index (χ1v) is 7.55. The summed E-state index contributed by atoms with van der Waals surface area (Å²) in [4.78, 5) is 11.5. The van der Waals surface area contributed by atoms with Gasteiger partial charge in [-0.15, -0.1) is 0 Å². The lowest BCUT2D eigenvalue weighted by molar-refractivity contribution is -0.112. The van der Waals surface area contributed by atoms with Crippen molar-refractivity contribution in [3.05, 3.63) is 36.0 Å². The first kappa shape index (κ1) is 16.7. The van der Waals surface area contributed by atoms with Gasteiger partial charge in [0.1, 0.15) is 11.6 Å². The largest absolute Gasteiger partial charge is 0.390 e. The second-order valence-corrected chi connectivity index (χ2v) is 5.50. The van der Waals surface area contributed by atoms with Crippen molar-refractivity contribution in [1.29, 1.82) is 5.26 Å². The van der Waals surface area contributed by atoms with Crippen molar-refractivity contribution in [3.63, 3.8) is 0 Å². The van der Waals surface area contributed by atoms with Crippen LogP contribution < -0.4 is 10.6 Å². The van der Waals surface area contributed by atoms with Gasteiger partial charge in [0.05, 0.1) is 4.90 Å². The maximum atomic E-state index is 11.8. The number of hydrogen-bond acceptors (Lipinski definition) is 5. The number of carbonyl (C=O) groups is 1. The first-order valence-electron chi connectivity index (χ1n) is 6.11. The molecule has 0 bridgehead atoms. The van der Waals surface area contributed by atoms with Crippen LogP contribution in [-0.4, -0.2) is 25.4 Å². The lowest BCUT2D eigenvalue weighted by Gasteiger charge is -2.05. The van der Waals surface area contributed by atoms with Crippen LogP contribution in [0.5, 0.6) is 0 Å². The van der Waals surface area contributed by atoms with Gasteiger partial charge in [-0.3, -0.25) is 9.35 Å². The summed E-state index contributed by atoms with van der Waals surface area (Å²) in [5.41, 5.74) is 0.214. The van der Waals surface area contributed by atoms with Gasteiger partial charge in [-0.1, -0.05) is 6.92 Å². The monoisotopic (exact) mass is 309 g/mol. The lowest BCUT2D eigenvalue weighted by Crippen LogP contribution is -2.17. The average molecular weight is 309 g/mol. The molecular weight excluding hydrogens is 294 g/mol. The Labute approximate surface area is 123 Å². The molecule has 7 nitrogen and oxygen atoms in total. The molecule has 1 amide bonds. The van der Waals surface area contributed by atoms with Gasteiger partial charge in [-0.05, 0) is 30.7 Å². The van der Waals surface area contributed by atoms with Crippen LogP contribution >= 0.6 is 0 Å². The Balaban J connectivity index is 2.79. The second-order valence-electron chi connectivity index (χ2n) is 4.08. The molecule has 8 heteroatoms. The Morgan fingerprint density at radius 1 is 1.38 bits per heavy atom. The molecule has 0 atom stereocenters. The summed E-state index contributed by atoms with van der Waals surface area (Å²) in [6, 6.07) is 6.69. The summed E-state index contributed by atoms with van der Waals surface area (Å²) < 4.78 is 30.6. The van der Waals surface area contributed by atoms with Crippen LogP contribution in [0, 0.1) is 11.3 Å². The summed E-state index contributed by atoms with van der Waals surface area (Å²) in [5, 5.41) is 14.2. The number of nitriles is 1. The minimum absolute atomic E-state index is 0.0951. The summed E-state index contributed by atoms with van der Waals surface area (Å²) in [6.07, 6.45) is 2.18. The van der Waals surface area contributed by atoms with E-state index in [1.807, 2.05) is 6.92 Å². The number of anilines is 1. The molecule has 0 unspecified atom stereocenters. The SMILES string of the molecule is CCCN/C=C(/C#N)C(=O)Nc1ccc(S(=O)(=O)O)cc1. The minimum Gasteiger partial charge on any atom is -0.390 e. The van der Waals surface area contributed by atoms with Crippen molar-refractivity contribution < 1.29 is 17.8 Å². The molecule has 0 saturated heterocycles. The predicted molar refractivity (Wildman–Crippen MR) is 76.9 cm³/mol. The van der Waals surface area contributed by atoms with Crippen LogP contribution in [0.15, 0.2) is 40.9 Å². The third kappa shape index (κ3) is 5.25. The fraction of sp³-hybridized carbons (Fsp3) is 0.231. The van der Waals surface area contributed by atoms with Gasteiger partial charge < -0.3 is 10.6 Å². The topological polar surface area (TPSA) is 119 Å². The highest BCUT2D eigenvalue weighted by Gasteiger charge is 2.11. The third-order valence-electron chi connectivity index (χ3n) is 2.42. The number of hydrogen-bond donors (Lipinski definition) is 3. The van der Waals surface area contributed by atoms with E-state index < -0.39 is 16.0 Å². The van der Waals surface area contributed by atoms with Crippen molar-refractivity contribution in [2.24, 2.45) is 0 Å². The normalized spacial score (nSPS) is 11.6. The van der Waals surface area contributed by atoms with E-state index in [0.29, 0.717) is 12.2 Å². The van der Waals surface area contributed by atoms with Gasteiger partial charge in [0.2, 0.25) is 0 Å². The molecule has 0 fully saturated rings. The molecule has 0 aromatic heterocycles. The van der Waals surface area contributed by atoms with Crippen LogP contribution in [0.2, 0.25) is 0 Å². The number of carbonyl (C=O) groups excluding carboxylic acids is 1. The molecule has 0 aliphatic rings. The van der Waals surface area contributed by atoms with Gasteiger partial charge in [0, 0.05) is 18.4 Å². The average Bonchev–Trinajstić information content (AvgIpc) is 2.43. The molecule has 21 heavy (non-hydrogen) atoms. The van der Waals surface area contributed by atoms with Crippen LogP contribution in [0.3, 0.4) is 0 Å². The zero-order valence-electron chi connectivity index (χ0n) is 11.3. The zero-order chi connectivity index (χ0) is 15.9. The van der Waals surface area contributed by atoms with E-state index in [-0.39, 0.29) is 10.5 Å². The molecule has 1 rings (SSSR count). The third-order valence-corrected chi connectivity index (χ3v) is 3.28. The Morgan fingerprint density at radius 3 is 2.48 bits per heavy atom. The van der Waals surface area contributed by atoms with Crippen molar-refractivity contribution in [3.8, 4) is 6.07 Å². The Hall–Kier alpha value is -2.37. The smallest absolute Gasteiger partial charge is 0.294 e. The van der Waals surface area contributed by atoms with Gasteiger partial charge in [0.25, 0.3) is 16.0 Å². The highest BCUT2D eigenvalue weighted by Crippen LogP contribution is 2.14. The molecule has 0 spiro atoms. The van der Waals surface area contributed by atoms with Gasteiger partial charge in [-0.2, -0.15) is 13.7 Å². The van der Waals surface area contributed by atoms with Crippen molar-refractivity contribution in [1.82, 2.24) is 5.32 Å². The molecular formula is C13H15N3O4S. The quantitative estimate of drug-likeness (QED) is 0.315. The first-order chi connectivity index (χ1) is 9.88. The summed E-state index contributed by atoms with van der Waals surface area (Å²) >= 11 is 0. The highest BCUT2D eigenvalue weighted by atomic mass is 32.2. The second kappa shape index (κ2) is 7.42. The highest BCUT2D eigenvalue weighted by molar-refractivity contribution is 7.85. The van der Waals surface area contributed by atoms with Crippen LogP contribution in [0.4, 0.5) is 5.69 Å². The number of rotatable bonds is 6. The van der Waals surface area contributed by atoms with E-state index in [0.717, 1.165) is 18.6 Å². The summed E-state index contributed by atoms with van der Waals surface area (Å²) in [7, 11) is -4.27. The molecule has 1 aromatic carbocycles. The number of nitrogens with zero attached hydrogens (tertiary/aromatic N) is 1. The number of amides is 1. The Morgan fingerprint density at radius 2 is 2.00 bits per heavy atom. The molecule has 0 aliphatic carbocycles. The molecule has 112 valence electrons. The molecule has 3 N–H and O–H groups in total. The molecule has 0 saturated carbocycles. The van der Waals surface area contributed by atoms with Gasteiger partial charge in [0.15, 0.2) is 0 Å². The van der Waals surface area contributed by atoms with E-state index in [9.17, 15) is 13.2 Å². The molecule has 0 aliphatic heterocycles. The van der Waals surface area contributed by atoms with Crippen LogP contribution in [0.1, 0.15) is 13.3 Å². The predicted octanol–water partition coefficient (Wildman–Crippen LogP) is 1.28. The molecule has 0 heterocycles. The van der Waals surface area contributed by atoms with Gasteiger partial charge in [-0.25, -0.2) is 0 Å². The molecule has 1 aromatic rings. The van der Waals surface area contributed by atoms with Crippen LogP contribution in [-0.2, 0) is 14.9 Å². The fourth-order valence-electron chi connectivity index (χ4n) is 1.38. The minimum atomic E-state index is -4.27. The summed E-state index contributed by atoms with van der Waals surface area (Å²) in [5.74, 6) is -0.610. The maximum absolute atomic E-state index is 11.8. The van der Waals surface area contributed by atoms with Crippen molar-refractivity contribution in [2.45, 2.75) is 18.2 Å². The van der Waals surface area contributed by atoms with E-state index in [2.05, 4.69) is 10.6 Å². The Bertz CT molecular complexity index is 672. The number of nitrogens with one attached hydrogen (secondary N) is 2. The maximum Gasteiger partial charge on any atom is 0.294 e. The lowest BCUT2D eigenvalue weighted by atomic mass is 10.2. The van der Waals surface area contributed by atoms with Crippen molar-refractivity contribution >= 4 is 21.7 Å². The van der Waals surface area contributed by atoms with E-state index in [1.54, 1.807) is 6.07 Å². The van der Waals surface area contributed by atoms with Crippen LogP contribution in [0.25, 0.3) is 0 Å². The Kier molecular flexibility index (Phi) is 5.90. The fourth-order valence-corrected chi connectivity index (χ4v) is 1.86. The molecule has 0 radical (unpaired) electrons. The number of benzene rings is 1. The van der Waals surface area contributed by atoms with E-state index in [4.69, 9.17) is 9.81 Å². The zero-order valence-corrected chi connectivity index (χ0v) is 12.1. The van der Waals surface area contributed by atoms with Gasteiger partial charge >= 0.3 is 0 Å². The van der Waals surface area contributed by atoms with E-state index in [1.165, 1.54) is 18.3 Å². The van der Waals surface area contributed by atoms with E-state index >= 15 is 0 Å².